The van der Waals surface area contributed by atoms with Crippen LogP contribution in [0.25, 0.3) is 0 Å². The van der Waals surface area contributed by atoms with E-state index in [2.05, 4.69) is 36.9 Å². The molecule has 0 unspecified atom stereocenters. The predicted molar refractivity (Wildman–Crippen MR) is 54.6 cm³/mol. The van der Waals surface area contributed by atoms with Gasteiger partial charge in [-0.05, 0) is 56.1 Å². The molecule has 1 fully saturated rings. The van der Waals surface area contributed by atoms with E-state index >= 15 is 0 Å². The third kappa shape index (κ3) is 1.75. The topological polar surface area (TPSA) is 3.24 Å². The van der Waals surface area contributed by atoms with Crippen LogP contribution >= 0.6 is 0 Å². The van der Waals surface area contributed by atoms with Gasteiger partial charge in [0.25, 0.3) is 0 Å². The lowest BCUT2D eigenvalue weighted by Gasteiger charge is -2.31. The summed E-state index contributed by atoms with van der Waals surface area (Å²) in [7, 11) is 0. The van der Waals surface area contributed by atoms with Gasteiger partial charge in [0.2, 0.25) is 0 Å². The van der Waals surface area contributed by atoms with Gasteiger partial charge in [0.1, 0.15) is 0 Å². The highest BCUT2D eigenvalue weighted by Gasteiger charge is 2.15. The number of aryl methyl sites for hydroxylation is 2. The van der Waals surface area contributed by atoms with Crippen molar-refractivity contribution in [3.05, 3.63) is 34.9 Å². The molecule has 0 amide bonds. The quantitative estimate of drug-likeness (QED) is 0.665. The zero-order chi connectivity index (χ0) is 9.26. The summed E-state index contributed by atoms with van der Waals surface area (Å²) in [5.41, 5.74) is 4.26. The van der Waals surface area contributed by atoms with Crippen LogP contribution in [0.2, 0.25) is 0 Å². The summed E-state index contributed by atoms with van der Waals surface area (Å²) in [6.45, 7) is 8.04. The third-order valence-corrected chi connectivity index (χ3v) is 2.88. The number of benzene rings is 1. The predicted octanol–water partition coefficient (Wildman–Crippen LogP) is 2.31. The Hall–Kier alpha value is -0.820. The van der Waals surface area contributed by atoms with Gasteiger partial charge in [-0.3, -0.25) is 4.90 Å². The molecule has 1 saturated heterocycles. The molecular weight excluding hydrogens is 158 g/mol. The highest BCUT2D eigenvalue weighted by molar-refractivity contribution is 5.32. The number of hydrogen-bond acceptors (Lipinski definition) is 1. The number of hydrogen-bond donors (Lipinski definition) is 0. The minimum Gasteiger partial charge on any atom is -0.299 e. The van der Waals surface area contributed by atoms with Gasteiger partial charge in [-0.15, -0.1) is 0 Å². The average Bonchev–Trinajstić information content (AvgIpc) is 2.00. The Morgan fingerprint density at radius 3 is 2.31 bits per heavy atom. The normalized spacial score (nSPS) is 17.1. The Balaban J connectivity index is 2.17. The minimum absolute atomic E-state index is 1.13. The van der Waals surface area contributed by atoms with Crippen molar-refractivity contribution in [1.82, 2.24) is 4.90 Å². The maximum atomic E-state index is 3.16. The van der Waals surface area contributed by atoms with Gasteiger partial charge >= 0.3 is 0 Å². The Morgan fingerprint density at radius 2 is 1.85 bits per heavy atom. The number of rotatable bonds is 2. The van der Waals surface area contributed by atoms with E-state index in [0.717, 1.165) is 6.54 Å². The molecule has 0 aromatic heterocycles. The smallest absolute Gasteiger partial charge is 0.0239 e. The van der Waals surface area contributed by atoms with E-state index < -0.39 is 0 Å². The molecule has 0 N–H and O–H groups in total. The van der Waals surface area contributed by atoms with Crippen molar-refractivity contribution in [2.75, 3.05) is 13.1 Å². The molecule has 1 aromatic rings. The number of nitrogens with zero attached hydrogens (tertiary/aromatic N) is 1. The summed E-state index contributed by atoms with van der Waals surface area (Å²) in [5.74, 6) is 0. The first-order valence-electron chi connectivity index (χ1n) is 4.96. The zero-order valence-electron chi connectivity index (χ0n) is 8.43. The molecular formula is C12H16N. The van der Waals surface area contributed by atoms with Gasteiger partial charge in [-0.2, -0.15) is 0 Å². The fourth-order valence-electron chi connectivity index (χ4n) is 1.79. The first-order valence-corrected chi connectivity index (χ1v) is 4.96. The molecule has 2 rings (SSSR count). The maximum absolute atomic E-state index is 3.16. The summed E-state index contributed by atoms with van der Waals surface area (Å²) >= 11 is 0. The molecule has 0 bridgehead atoms. The van der Waals surface area contributed by atoms with E-state index in [9.17, 15) is 0 Å². The molecule has 0 spiro atoms. The second-order valence-electron chi connectivity index (χ2n) is 3.93. The molecule has 1 heterocycles. The van der Waals surface area contributed by atoms with E-state index in [1.54, 1.807) is 0 Å². The summed E-state index contributed by atoms with van der Waals surface area (Å²) in [6, 6.07) is 7.33. The van der Waals surface area contributed by atoms with E-state index in [4.69, 9.17) is 0 Å². The van der Waals surface area contributed by atoms with Gasteiger partial charge in [-0.25, -0.2) is 0 Å². The lowest BCUT2D eigenvalue weighted by atomic mass is 10.0. The van der Waals surface area contributed by atoms with E-state index in [1.807, 2.05) is 0 Å². The van der Waals surface area contributed by atoms with Crippen molar-refractivity contribution >= 4 is 0 Å². The standard InChI is InChI=1S/C12H16N/c1-10-5-3-6-11(2)12(10)9-13-7-4-8-13/h5-6H,4,7-9H2,1-2H3. The molecule has 1 heteroatoms. The average molecular weight is 174 g/mol. The summed E-state index contributed by atoms with van der Waals surface area (Å²) in [6.07, 6.45) is 1.37. The van der Waals surface area contributed by atoms with Crippen LogP contribution in [0.15, 0.2) is 12.1 Å². The second-order valence-corrected chi connectivity index (χ2v) is 3.93. The molecule has 0 atom stereocenters. The highest BCUT2D eigenvalue weighted by atomic mass is 15.2. The molecule has 1 aromatic carbocycles. The minimum atomic E-state index is 1.13. The molecule has 69 valence electrons. The third-order valence-electron chi connectivity index (χ3n) is 2.88. The van der Waals surface area contributed by atoms with E-state index in [-0.39, 0.29) is 0 Å². The van der Waals surface area contributed by atoms with E-state index in [0.29, 0.717) is 0 Å². The lowest BCUT2D eigenvalue weighted by molar-refractivity contribution is 0.172. The Bertz CT molecular complexity index is 280. The first-order chi connectivity index (χ1) is 6.27. The summed E-state index contributed by atoms with van der Waals surface area (Å²) in [5, 5.41) is 0. The molecule has 0 aliphatic carbocycles. The SMILES string of the molecule is Cc1c[c]cc(C)c1CN1CCC1. The second kappa shape index (κ2) is 3.51. The molecule has 13 heavy (non-hydrogen) atoms. The van der Waals surface area contributed by atoms with Crippen LogP contribution in [0.1, 0.15) is 23.1 Å². The Kier molecular flexibility index (Phi) is 2.36. The van der Waals surface area contributed by atoms with Crippen LogP contribution in [-0.4, -0.2) is 18.0 Å². The summed E-state index contributed by atoms with van der Waals surface area (Å²) in [4.78, 5) is 2.50. The Labute approximate surface area is 80.4 Å². The molecule has 1 radical (unpaired) electrons. The van der Waals surface area contributed by atoms with Crippen LogP contribution in [0, 0.1) is 19.9 Å². The van der Waals surface area contributed by atoms with Crippen molar-refractivity contribution in [2.45, 2.75) is 26.8 Å². The lowest BCUT2D eigenvalue weighted by Crippen LogP contribution is -2.36. The van der Waals surface area contributed by atoms with Crippen LogP contribution in [0.5, 0.6) is 0 Å². The first kappa shape index (κ1) is 8.76. The van der Waals surface area contributed by atoms with Crippen molar-refractivity contribution in [1.29, 1.82) is 0 Å². The number of likely N-dealkylation sites (tertiary alicyclic amines) is 1. The monoisotopic (exact) mass is 174 g/mol. The van der Waals surface area contributed by atoms with Gasteiger partial charge in [0, 0.05) is 6.54 Å². The molecule has 1 nitrogen and oxygen atoms in total. The van der Waals surface area contributed by atoms with Gasteiger partial charge in [-0.1, -0.05) is 12.1 Å². The van der Waals surface area contributed by atoms with Crippen molar-refractivity contribution in [2.24, 2.45) is 0 Å². The Morgan fingerprint density at radius 1 is 1.23 bits per heavy atom. The van der Waals surface area contributed by atoms with E-state index in [1.165, 1.54) is 36.2 Å². The summed E-state index contributed by atoms with van der Waals surface area (Å²) < 4.78 is 0. The zero-order valence-corrected chi connectivity index (χ0v) is 8.43. The molecule has 0 saturated carbocycles. The van der Waals surface area contributed by atoms with Gasteiger partial charge in [0.05, 0.1) is 0 Å². The maximum Gasteiger partial charge on any atom is 0.0239 e. The largest absolute Gasteiger partial charge is 0.299 e. The fraction of sp³-hybridized carbons (Fsp3) is 0.500. The van der Waals surface area contributed by atoms with Crippen molar-refractivity contribution in [3.63, 3.8) is 0 Å². The van der Waals surface area contributed by atoms with Crippen LogP contribution < -0.4 is 0 Å². The van der Waals surface area contributed by atoms with Gasteiger partial charge in [0.15, 0.2) is 0 Å². The van der Waals surface area contributed by atoms with Crippen LogP contribution in [0.4, 0.5) is 0 Å². The molecule has 1 aliphatic rings. The molecule has 1 aliphatic heterocycles. The van der Waals surface area contributed by atoms with Crippen molar-refractivity contribution < 1.29 is 0 Å². The van der Waals surface area contributed by atoms with Crippen LogP contribution in [-0.2, 0) is 6.54 Å². The van der Waals surface area contributed by atoms with Gasteiger partial charge < -0.3 is 0 Å². The fourth-order valence-corrected chi connectivity index (χ4v) is 1.79. The highest BCUT2D eigenvalue weighted by Crippen LogP contribution is 2.18. The van der Waals surface area contributed by atoms with Crippen LogP contribution in [0.3, 0.4) is 0 Å². The van der Waals surface area contributed by atoms with Crippen molar-refractivity contribution in [3.8, 4) is 0 Å².